The highest BCUT2D eigenvalue weighted by Crippen LogP contribution is 2.25. The van der Waals surface area contributed by atoms with Crippen LogP contribution in [0, 0.1) is 0 Å². The van der Waals surface area contributed by atoms with Crippen LogP contribution in [0.2, 0.25) is 10.0 Å². The Bertz CT molecular complexity index is 502. The van der Waals surface area contributed by atoms with Gasteiger partial charge in [-0.1, -0.05) is 35.0 Å². The third-order valence-corrected chi connectivity index (χ3v) is 3.81. The quantitative estimate of drug-likeness (QED) is 0.900. The maximum Gasteiger partial charge on any atom is 0.228 e. The minimum absolute atomic E-state index is 0.0593. The van der Waals surface area contributed by atoms with Crippen LogP contribution in [0.3, 0.4) is 0 Å². The van der Waals surface area contributed by atoms with Gasteiger partial charge >= 0.3 is 0 Å². The summed E-state index contributed by atoms with van der Waals surface area (Å²) in [5.41, 5.74) is 0.522. The fraction of sp³-hybridized carbons (Fsp3) is 0.333. The van der Waals surface area contributed by atoms with Gasteiger partial charge in [-0.25, -0.2) is 0 Å². The first kappa shape index (κ1) is 14.7. The van der Waals surface area contributed by atoms with Crippen molar-refractivity contribution in [2.45, 2.75) is 12.5 Å². The first-order chi connectivity index (χ1) is 9.04. The molecule has 102 valence electrons. The van der Waals surface area contributed by atoms with Crippen molar-refractivity contribution < 1.29 is 9.90 Å². The van der Waals surface area contributed by atoms with Crippen molar-refractivity contribution in [3.05, 3.63) is 33.8 Å². The molecule has 2 rings (SSSR count). The molecule has 0 aliphatic carbocycles. The number of benzene rings is 1. The fourth-order valence-corrected chi connectivity index (χ4v) is 2.93. The molecule has 0 aromatic heterocycles. The van der Waals surface area contributed by atoms with Gasteiger partial charge in [0, 0.05) is 15.8 Å². The number of hydrogen-bond donors (Lipinski definition) is 2. The highest BCUT2D eigenvalue weighted by atomic mass is 35.5. The number of aliphatic imine (C=N–C) groups is 1. The summed E-state index contributed by atoms with van der Waals surface area (Å²) >= 11 is 13.2. The summed E-state index contributed by atoms with van der Waals surface area (Å²) in [6.07, 6.45) is -1.00. The standard InChI is InChI=1S/C12H12Cl2N2O2S/c13-8-3-7(4-9(14)5-8)10(17)6-11(18)16-12-15-1-2-19-12/h3-5,10,17H,1-2,6H2,(H,15,16,18). The number of aliphatic hydroxyl groups excluding tert-OH is 1. The Labute approximate surface area is 125 Å². The van der Waals surface area contributed by atoms with Crippen LogP contribution in [0.4, 0.5) is 0 Å². The predicted octanol–water partition coefficient (Wildman–Crippen LogP) is 2.64. The van der Waals surface area contributed by atoms with Crippen LogP contribution in [0.5, 0.6) is 0 Å². The molecule has 1 atom stereocenters. The third kappa shape index (κ3) is 4.38. The largest absolute Gasteiger partial charge is 0.388 e. The van der Waals surface area contributed by atoms with Gasteiger partial charge in [-0.05, 0) is 23.8 Å². The number of nitrogens with zero attached hydrogens (tertiary/aromatic N) is 1. The van der Waals surface area contributed by atoms with Gasteiger partial charge in [0.15, 0.2) is 5.17 Å². The molecule has 1 amide bonds. The number of nitrogens with one attached hydrogen (secondary N) is 1. The molecule has 19 heavy (non-hydrogen) atoms. The molecule has 0 radical (unpaired) electrons. The molecule has 1 aromatic carbocycles. The predicted molar refractivity (Wildman–Crippen MR) is 78.9 cm³/mol. The number of carbonyl (C=O) groups excluding carboxylic acids is 1. The number of hydrogen-bond acceptors (Lipinski definition) is 4. The van der Waals surface area contributed by atoms with Crippen LogP contribution in [-0.2, 0) is 4.79 Å². The van der Waals surface area contributed by atoms with Crippen molar-refractivity contribution in [1.82, 2.24) is 5.32 Å². The summed E-state index contributed by atoms with van der Waals surface area (Å²) in [6, 6.07) is 4.75. The Kier molecular flexibility index (Phi) is 5.10. The Hall–Kier alpha value is -0.750. The summed E-state index contributed by atoms with van der Waals surface area (Å²) in [5, 5.41) is 14.1. The lowest BCUT2D eigenvalue weighted by Gasteiger charge is -2.11. The summed E-state index contributed by atoms with van der Waals surface area (Å²) in [4.78, 5) is 15.8. The van der Waals surface area contributed by atoms with Crippen molar-refractivity contribution in [1.29, 1.82) is 0 Å². The Morgan fingerprint density at radius 1 is 1.42 bits per heavy atom. The smallest absolute Gasteiger partial charge is 0.228 e. The zero-order chi connectivity index (χ0) is 13.8. The van der Waals surface area contributed by atoms with Crippen molar-refractivity contribution >= 4 is 46.0 Å². The highest BCUT2D eigenvalue weighted by molar-refractivity contribution is 8.14. The van der Waals surface area contributed by atoms with Gasteiger partial charge < -0.3 is 10.4 Å². The second-order valence-corrected chi connectivity index (χ2v) is 5.96. The Morgan fingerprint density at radius 3 is 2.68 bits per heavy atom. The zero-order valence-corrected chi connectivity index (χ0v) is 12.2. The molecule has 0 bridgehead atoms. The molecule has 0 spiro atoms. The van der Waals surface area contributed by atoms with E-state index in [0.29, 0.717) is 27.3 Å². The minimum atomic E-state index is -0.941. The van der Waals surface area contributed by atoms with E-state index >= 15 is 0 Å². The molecular formula is C12H12Cl2N2O2S. The molecular weight excluding hydrogens is 307 g/mol. The molecule has 0 fully saturated rings. The molecule has 0 saturated carbocycles. The molecule has 1 heterocycles. The lowest BCUT2D eigenvalue weighted by atomic mass is 10.1. The first-order valence-corrected chi connectivity index (χ1v) is 7.40. The van der Waals surface area contributed by atoms with E-state index in [4.69, 9.17) is 23.2 Å². The fourth-order valence-electron chi connectivity index (χ4n) is 1.64. The van der Waals surface area contributed by atoms with Gasteiger partial charge in [0.1, 0.15) is 0 Å². The van der Waals surface area contributed by atoms with E-state index in [1.807, 2.05) is 0 Å². The van der Waals surface area contributed by atoms with Crippen molar-refractivity contribution in [3.63, 3.8) is 0 Å². The number of halogens is 2. The van der Waals surface area contributed by atoms with Gasteiger partial charge in [-0.2, -0.15) is 0 Å². The second-order valence-electron chi connectivity index (χ2n) is 4.01. The normalized spacial score (nSPS) is 16.1. The van der Waals surface area contributed by atoms with E-state index in [2.05, 4.69) is 10.3 Å². The molecule has 0 saturated heterocycles. The summed E-state index contributed by atoms with van der Waals surface area (Å²) in [5.74, 6) is 0.596. The van der Waals surface area contributed by atoms with Crippen molar-refractivity contribution in [3.8, 4) is 0 Å². The summed E-state index contributed by atoms with van der Waals surface area (Å²) in [6.45, 7) is 0.715. The molecule has 1 aliphatic rings. The summed E-state index contributed by atoms with van der Waals surface area (Å²) < 4.78 is 0. The maximum absolute atomic E-state index is 11.7. The van der Waals surface area contributed by atoms with E-state index in [9.17, 15) is 9.90 Å². The molecule has 1 unspecified atom stereocenters. The van der Waals surface area contributed by atoms with Gasteiger partial charge in [0.25, 0.3) is 0 Å². The first-order valence-electron chi connectivity index (χ1n) is 5.66. The third-order valence-electron chi connectivity index (χ3n) is 2.48. The van der Waals surface area contributed by atoms with E-state index in [-0.39, 0.29) is 12.3 Å². The number of amides is 1. The van der Waals surface area contributed by atoms with Gasteiger partial charge in [-0.15, -0.1) is 0 Å². The van der Waals surface area contributed by atoms with Gasteiger partial charge in [0.2, 0.25) is 5.91 Å². The molecule has 2 N–H and O–H groups in total. The Morgan fingerprint density at radius 2 is 2.11 bits per heavy atom. The van der Waals surface area contributed by atoms with Crippen LogP contribution in [0.1, 0.15) is 18.1 Å². The van der Waals surface area contributed by atoms with Crippen LogP contribution in [0.25, 0.3) is 0 Å². The number of carbonyl (C=O) groups is 1. The number of rotatable bonds is 3. The molecule has 1 aliphatic heterocycles. The second kappa shape index (κ2) is 6.61. The van der Waals surface area contributed by atoms with Crippen LogP contribution >= 0.6 is 35.0 Å². The summed E-state index contributed by atoms with van der Waals surface area (Å²) in [7, 11) is 0. The maximum atomic E-state index is 11.7. The topological polar surface area (TPSA) is 61.7 Å². The lowest BCUT2D eigenvalue weighted by molar-refractivity contribution is -0.121. The zero-order valence-electron chi connectivity index (χ0n) is 9.90. The lowest BCUT2D eigenvalue weighted by Crippen LogP contribution is -2.28. The van der Waals surface area contributed by atoms with E-state index in [1.54, 1.807) is 18.2 Å². The van der Waals surface area contributed by atoms with Crippen LogP contribution in [0.15, 0.2) is 23.2 Å². The van der Waals surface area contributed by atoms with Gasteiger partial charge in [0.05, 0.1) is 19.1 Å². The highest BCUT2D eigenvalue weighted by Gasteiger charge is 2.17. The van der Waals surface area contributed by atoms with Crippen LogP contribution < -0.4 is 5.32 Å². The monoisotopic (exact) mass is 318 g/mol. The number of thioether (sulfide) groups is 1. The molecule has 4 nitrogen and oxygen atoms in total. The van der Waals surface area contributed by atoms with E-state index in [0.717, 1.165) is 5.75 Å². The minimum Gasteiger partial charge on any atom is -0.388 e. The van der Waals surface area contributed by atoms with Crippen LogP contribution in [-0.4, -0.2) is 28.5 Å². The Balaban J connectivity index is 1.95. The molecule has 7 heteroatoms. The van der Waals surface area contributed by atoms with Crippen molar-refractivity contribution in [2.24, 2.45) is 4.99 Å². The van der Waals surface area contributed by atoms with E-state index in [1.165, 1.54) is 11.8 Å². The molecule has 1 aromatic rings. The number of amidine groups is 1. The average Bonchev–Trinajstić information content (AvgIpc) is 2.80. The average molecular weight is 319 g/mol. The van der Waals surface area contributed by atoms with E-state index < -0.39 is 6.10 Å². The SMILES string of the molecule is O=C(CC(O)c1cc(Cl)cc(Cl)c1)NC1=NCCS1. The number of aliphatic hydroxyl groups is 1. The van der Waals surface area contributed by atoms with Gasteiger partial charge in [-0.3, -0.25) is 9.79 Å². The van der Waals surface area contributed by atoms with Crippen molar-refractivity contribution in [2.75, 3.05) is 12.3 Å².